The maximum atomic E-state index is 11.9. The molecule has 0 saturated carbocycles. The summed E-state index contributed by atoms with van der Waals surface area (Å²) in [6.07, 6.45) is 10.3. The summed E-state index contributed by atoms with van der Waals surface area (Å²) in [6.45, 7) is 11.3. The maximum absolute atomic E-state index is 11.9. The minimum Gasteiger partial charge on any atom is -0.355 e. The topological polar surface area (TPSA) is 29.1 Å². The summed E-state index contributed by atoms with van der Waals surface area (Å²) in [6, 6.07) is 0. The highest BCUT2D eigenvalue weighted by Gasteiger charge is 2.21. The van der Waals surface area contributed by atoms with Gasteiger partial charge in [-0.1, -0.05) is 73.1 Å². The molecule has 0 aromatic heterocycles. The fourth-order valence-electron chi connectivity index (χ4n) is 2.20. The van der Waals surface area contributed by atoms with Gasteiger partial charge in [-0.25, -0.2) is 0 Å². The molecule has 2 heteroatoms. The first-order valence-corrected chi connectivity index (χ1v) is 8.20. The molecule has 0 heterocycles. The quantitative estimate of drug-likeness (QED) is 0.560. The van der Waals surface area contributed by atoms with Crippen molar-refractivity contribution in [2.24, 2.45) is 11.3 Å². The fraction of sp³-hybridized carbons (Fsp3) is 0.941. The Bertz CT molecular complexity index is 230. The molecule has 1 atom stereocenters. The van der Waals surface area contributed by atoms with E-state index < -0.39 is 0 Å². The van der Waals surface area contributed by atoms with Gasteiger partial charge in [-0.15, -0.1) is 0 Å². The molecule has 0 aliphatic heterocycles. The van der Waals surface area contributed by atoms with Crippen LogP contribution in [-0.4, -0.2) is 12.5 Å². The largest absolute Gasteiger partial charge is 0.355 e. The van der Waals surface area contributed by atoms with Gasteiger partial charge in [-0.3, -0.25) is 4.79 Å². The van der Waals surface area contributed by atoms with E-state index in [1.54, 1.807) is 0 Å². The van der Waals surface area contributed by atoms with Crippen molar-refractivity contribution in [3.05, 3.63) is 0 Å². The first-order chi connectivity index (χ1) is 8.91. The number of carbonyl (C=O) groups is 1. The van der Waals surface area contributed by atoms with Crippen molar-refractivity contribution in [1.82, 2.24) is 5.32 Å². The van der Waals surface area contributed by atoms with E-state index in [0.29, 0.717) is 5.92 Å². The lowest BCUT2D eigenvalue weighted by atomic mass is 9.93. The van der Waals surface area contributed by atoms with Crippen molar-refractivity contribution in [1.29, 1.82) is 0 Å². The van der Waals surface area contributed by atoms with Crippen LogP contribution in [0.4, 0.5) is 0 Å². The third-order valence-corrected chi connectivity index (χ3v) is 3.66. The molecule has 0 aliphatic rings. The van der Waals surface area contributed by atoms with Gasteiger partial charge in [-0.2, -0.15) is 0 Å². The zero-order valence-corrected chi connectivity index (χ0v) is 13.8. The summed E-state index contributed by atoms with van der Waals surface area (Å²) < 4.78 is 0. The van der Waals surface area contributed by atoms with Crippen LogP contribution in [0.25, 0.3) is 0 Å². The van der Waals surface area contributed by atoms with Crippen molar-refractivity contribution in [3.8, 4) is 0 Å². The molecule has 0 fully saturated rings. The third-order valence-electron chi connectivity index (χ3n) is 3.66. The van der Waals surface area contributed by atoms with E-state index in [-0.39, 0.29) is 11.3 Å². The van der Waals surface area contributed by atoms with Crippen LogP contribution in [0, 0.1) is 11.3 Å². The molecule has 0 rings (SSSR count). The summed E-state index contributed by atoms with van der Waals surface area (Å²) in [7, 11) is 0. The van der Waals surface area contributed by atoms with Crippen LogP contribution in [-0.2, 0) is 4.79 Å². The van der Waals surface area contributed by atoms with Crippen molar-refractivity contribution >= 4 is 5.91 Å². The number of rotatable bonds is 10. The van der Waals surface area contributed by atoms with Crippen LogP contribution in [0.5, 0.6) is 0 Å². The number of hydrogen-bond acceptors (Lipinski definition) is 1. The van der Waals surface area contributed by atoms with Crippen LogP contribution in [0.1, 0.15) is 86.0 Å². The van der Waals surface area contributed by atoms with E-state index in [1.165, 1.54) is 51.4 Å². The molecule has 1 N–H and O–H groups in total. The first kappa shape index (κ1) is 18.5. The Morgan fingerprint density at radius 1 is 0.947 bits per heavy atom. The number of carbonyl (C=O) groups excluding carboxylic acids is 1. The Balaban J connectivity index is 4.01. The second-order valence-corrected chi connectivity index (χ2v) is 6.82. The van der Waals surface area contributed by atoms with Crippen LogP contribution in [0.2, 0.25) is 0 Å². The smallest absolute Gasteiger partial charge is 0.225 e. The van der Waals surface area contributed by atoms with Gasteiger partial charge in [0.15, 0.2) is 0 Å². The van der Waals surface area contributed by atoms with Crippen molar-refractivity contribution in [2.45, 2.75) is 86.0 Å². The van der Waals surface area contributed by atoms with Crippen molar-refractivity contribution < 1.29 is 4.79 Å². The minimum atomic E-state index is -0.266. The predicted octanol–water partition coefficient (Wildman–Crippen LogP) is 4.93. The molecule has 2 nitrogen and oxygen atoms in total. The van der Waals surface area contributed by atoms with Gasteiger partial charge < -0.3 is 5.32 Å². The predicted molar refractivity (Wildman–Crippen MR) is 84.2 cm³/mol. The zero-order chi connectivity index (χ0) is 14.7. The summed E-state index contributed by atoms with van der Waals surface area (Å²) in [4.78, 5) is 11.9. The Morgan fingerprint density at radius 2 is 1.53 bits per heavy atom. The summed E-state index contributed by atoms with van der Waals surface area (Å²) >= 11 is 0. The normalized spacial score (nSPS) is 13.3. The van der Waals surface area contributed by atoms with E-state index >= 15 is 0 Å². The highest BCUT2D eigenvalue weighted by atomic mass is 16.2. The molecule has 0 aromatic rings. The summed E-state index contributed by atoms with van der Waals surface area (Å²) in [5.74, 6) is 0.852. The van der Waals surface area contributed by atoms with Gasteiger partial charge in [0.25, 0.3) is 0 Å². The van der Waals surface area contributed by atoms with E-state index in [0.717, 1.165) is 6.54 Å². The molecule has 0 spiro atoms. The molecular weight excluding hydrogens is 234 g/mol. The first-order valence-electron chi connectivity index (χ1n) is 8.20. The van der Waals surface area contributed by atoms with E-state index in [4.69, 9.17) is 0 Å². The minimum absolute atomic E-state index is 0.183. The Hall–Kier alpha value is -0.530. The van der Waals surface area contributed by atoms with Crippen LogP contribution in [0.3, 0.4) is 0 Å². The highest BCUT2D eigenvalue weighted by molar-refractivity contribution is 5.81. The SMILES string of the molecule is CCCCCCC(CCCC)CNC(=O)C(C)(C)C. The second kappa shape index (κ2) is 10.3. The Morgan fingerprint density at radius 3 is 2.05 bits per heavy atom. The molecule has 1 amide bonds. The summed E-state index contributed by atoms with van der Waals surface area (Å²) in [5.41, 5.74) is -0.266. The molecule has 0 bridgehead atoms. The molecule has 1 unspecified atom stereocenters. The average molecular weight is 269 g/mol. The monoisotopic (exact) mass is 269 g/mol. The maximum Gasteiger partial charge on any atom is 0.225 e. The standard InChI is InChI=1S/C17H35NO/c1-6-8-10-11-13-15(12-9-7-2)14-18-16(19)17(3,4)5/h15H,6-14H2,1-5H3,(H,18,19). The number of unbranched alkanes of at least 4 members (excludes halogenated alkanes) is 4. The van der Waals surface area contributed by atoms with Gasteiger partial charge in [0, 0.05) is 12.0 Å². The molecule has 19 heavy (non-hydrogen) atoms. The Kier molecular flexibility index (Phi) is 9.99. The lowest BCUT2D eigenvalue weighted by Crippen LogP contribution is -2.37. The third kappa shape index (κ3) is 9.98. The second-order valence-electron chi connectivity index (χ2n) is 6.82. The van der Waals surface area contributed by atoms with Gasteiger partial charge in [-0.05, 0) is 18.8 Å². The number of amides is 1. The van der Waals surface area contributed by atoms with Crippen molar-refractivity contribution in [3.63, 3.8) is 0 Å². The van der Waals surface area contributed by atoms with Crippen LogP contribution < -0.4 is 5.32 Å². The molecule has 0 aliphatic carbocycles. The summed E-state index contributed by atoms with van der Waals surface area (Å²) in [5, 5.41) is 3.13. The number of nitrogens with one attached hydrogen (secondary N) is 1. The molecule has 0 aromatic carbocycles. The van der Waals surface area contributed by atoms with E-state index in [1.807, 2.05) is 20.8 Å². The van der Waals surface area contributed by atoms with Gasteiger partial charge in [0.1, 0.15) is 0 Å². The van der Waals surface area contributed by atoms with Gasteiger partial charge in [0.05, 0.1) is 0 Å². The van der Waals surface area contributed by atoms with Crippen LogP contribution >= 0.6 is 0 Å². The van der Waals surface area contributed by atoms with E-state index in [2.05, 4.69) is 19.2 Å². The molecule has 0 radical (unpaired) electrons. The van der Waals surface area contributed by atoms with Gasteiger partial charge in [0.2, 0.25) is 5.91 Å². The highest BCUT2D eigenvalue weighted by Crippen LogP contribution is 2.18. The lowest BCUT2D eigenvalue weighted by molar-refractivity contribution is -0.128. The molecular formula is C17H35NO. The van der Waals surface area contributed by atoms with Crippen molar-refractivity contribution in [2.75, 3.05) is 6.54 Å². The van der Waals surface area contributed by atoms with Crippen LogP contribution in [0.15, 0.2) is 0 Å². The lowest BCUT2D eigenvalue weighted by Gasteiger charge is -2.22. The van der Waals surface area contributed by atoms with Gasteiger partial charge >= 0.3 is 0 Å². The Labute approximate surface area is 120 Å². The zero-order valence-electron chi connectivity index (χ0n) is 13.8. The van der Waals surface area contributed by atoms with E-state index in [9.17, 15) is 4.79 Å². The molecule has 114 valence electrons. The number of hydrogen-bond donors (Lipinski definition) is 1. The fourth-order valence-corrected chi connectivity index (χ4v) is 2.20. The average Bonchev–Trinajstić information content (AvgIpc) is 2.35. The molecule has 0 saturated heterocycles.